The van der Waals surface area contributed by atoms with E-state index in [1.54, 1.807) is 36.4 Å². The molecule has 4 rings (SSSR count). The van der Waals surface area contributed by atoms with Gasteiger partial charge in [-0.15, -0.1) is 0 Å². The number of ether oxygens (including phenoxy) is 2. The van der Waals surface area contributed by atoms with E-state index in [2.05, 4.69) is 30.7 Å². The summed E-state index contributed by atoms with van der Waals surface area (Å²) in [6.07, 6.45) is -0.128. The van der Waals surface area contributed by atoms with Crippen LogP contribution in [0.1, 0.15) is 35.6 Å². The van der Waals surface area contributed by atoms with Crippen LogP contribution >= 0.6 is 0 Å². The zero-order chi connectivity index (χ0) is 20.6. The van der Waals surface area contributed by atoms with Crippen LogP contribution in [0.25, 0.3) is 0 Å². The molecule has 29 heavy (non-hydrogen) atoms. The Hall–Kier alpha value is -2.99. The standard InChI is InChI=1S/C23H23NO4S/c1-15-9-7-8-12-18(15)23-16(2)19-13-20(22(27-3)14-21(19)28-23)24-29(25,26)17-10-5-4-6-11-17/h4-14,16,23-24H,1-3H3/t16-,23-/m0/s1. The number of anilines is 1. The summed E-state index contributed by atoms with van der Waals surface area (Å²) in [5.41, 5.74) is 3.64. The molecule has 2 atom stereocenters. The maximum atomic E-state index is 12.8. The average Bonchev–Trinajstić information content (AvgIpc) is 3.04. The number of rotatable bonds is 5. The molecule has 0 bridgehead atoms. The summed E-state index contributed by atoms with van der Waals surface area (Å²) >= 11 is 0. The number of fused-ring (bicyclic) bond motifs is 1. The Kier molecular flexibility index (Phi) is 4.96. The van der Waals surface area contributed by atoms with Crippen LogP contribution in [-0.2, 0) is 10.0 Å². The van der Waals surface area contributed by atoms with E-state index in [-0.39, 0.29) is 16.9 Å². The van der Waals surface area contributed by atoms with Gasteiger partial charge in [-0.25, -0.2) is 8.42 Å². The predicted molar refractivity (Wildman–Crippen MR) is 113 cm³/mol. The van der Waals surface area contributed by atoms with Gasteiger partial charge in [0.05, 0.1) is 17.7 Å². The minimum absolute atomic E-state index is 0.0667. The van der Waals surface area contributed by atoms with Crippen LogP contribution in [0.4, 0.5) is 5.69 Å². The van der Waals surface area contributed by atoms with Crippen LogP contribution in [0.3, 0.4) is 0 Å². The fourth-order valence-electron chi connectivity index (χ4n) is 3.73. The number of nitrogens with one attached hydrogen (secondary N) is 1. The molecule has 3 aromatic carbocycles. The van der Waals surface area contributed by atoms with Gasteiger partial charge in [-0.05, 0) is 36.2 Å². The van der Waals surface area contributed by atoms with Gasteiger partial charge in [-0.1, -0.05) is 49.4 Å². The smallest absolute Gasteiger partial charge is 0.262 e. The van der Waals surface area contributed by atoms with Crippen molar-refractivity contribution in [3.8, 4) is 11.5 Å². The lowest BCUT2D eigenvalue weighted by Gasteiger charge is -2.18. The van der Waals surface area contributed by atoms with Gasteiger partial charge in [0.25, 0.3) is 10.0 Å². The number of methoxy groups -OCH3 is 1. The Morgan fingerprint density at radius 1 is 0.966 bits per heavy atom. The maximum absolute atomic E-state index is 12.8. The van der Waals surface area contributed by atoms with E-state index in [0.717, 1.165) is 16.7 Å². The molecule has 1 aliphatic heterocycles. The number of sulfonamides is 1. The van der Waals surface area contributed by atoms with Gasteiger partial charge in [0.15, 0.2) is 0 Å². The molecule has 0 unspecified atom stereocenters. The highest BCUT2D eigenvalue weighted by Gasteiger charge is 2.34. The maximum Gasteiger partial charge on any atom is 0.262 e. The Bertz CT molecular complexity index is 1140. The fraction of sp³-hybridized carbons (Fsp3) is 0.217. The van der Waals surface area contributed by atoms with Crippen molar-refractivity contribution in [2.45, 2.75) is 30.8 Å². The van der Waals surface area contributed by atoms with Gasteiger partial charge in [0.1, 0.15) is 17.6 Å². The molecule has 150 valence electrons. The highest BCUT2D eigenvalue weighted by molar-refractivity contribution is 7.92. The van der Waals surface area contributed by atoms with Crippen molar-refractivity contribution in [2.24, 2.45) is 0 Å². The molecule has 1 heterocycles. The quantitative estimate of drug-likeness (QED) is 0.641. The fourth-order valence-corrected chi connectivity index (χ4v) is 4.81. The third-order valence-electron chi connectivity index (χ3n) is 5.32. The minimum Gasteiger partial charge on any atom is -0.494 e. The second-order valence-corrected chi connectivity index (χ2v) is 8.87. The first-order chi connectivity index (χ1) is 13.9. The van der Waals surface area contributed by atoms with Crippen molar-refractivity contribution >= 4 is 15.7 Å². The summed E-state index contributed by atoms with van der Waals surface area (Å²) < 4.78 is 39.9. The molecule has 0 fully saturated rings. The second-order valence-electron chi connectivity index (χ2n) is 7.19. The molecule has 1 aliphatic rings. The topological polar surface area (TPSA) is 64.6 Å². The highest BCUT2D eigenvalue weighted by Crippen LogP contribution is 2.49. The summed E-state index contributed by atoms with van der Waals surface area (Å²) in [5.74, 6) is 1.20. The molecule has 0 radical (unpaired) electrons. The Labute approximate surface area is 171 Å². The van der Waals surface area contributed by atoms with Crippen molar-refractivity contribution in [1.82, 2.24) is 0 Å². The largest absolute Gasteiger partial charge is 0.494 e. The van der Waals surface area contributed by atoms with Crippen LogP contribution in [0.15, 0.2) is 71.6 Å². The molecule has 0 aromatic heterocycles. The minimum atomic E-state index is -3.72. The molecular formula is C23H23NO4S. The number of benzene rings is 3. The summed E-state index contributed by atoms with van der Waals surface area (Å²) in [6, 6.07) is 20.0. The van der Waals surface area contributed by atoms with E-state index in [4.69, 9.17) is 9.47 Å². The summed E-state index contributed by atoms with van der Waals surface area (Å²) in [6.45, 7) is 4.15. The van der Waals surface area contributed by atoms with Crippen LogP contribution in [-0.4, -0.2) is 15.5 Å². The van der Waals surface area contributed by atoms with Crippen molar-refractivity contribution in [2.75, 3.05) is 11.8 Å². The molecule has 0 amide bonds. The molecule has 0 spiro atoms. The van der Waals surface area contributed by atoms with Gasteiger partial charge in [0, 0.05) is 17.5 Å². The third-order valence-corrected chi connectivity index (χ3v) is 6.70. The molecule has 6 heteroatoms. The number of hydrogen-bond acceptors (Lipinski definition) is 4. The molecule has 3 aromatic rings. The second kappa shape index (κ2) is 7.44. The summed E-state index contributed by atoms with van der Waals surface area (Å²) in [4.78, 5) is 0.199. The van der Waals surface area contributed by atoms with E-state index in [1.807, 2.05) is 18.2 Å². The SMILES string of the molecule is COc1cc2c(cc1NS(=O)(=O)c1ccccc1)[C@H](C)[C@@H](c1ccccc1C)O2. The van der Waals surface area contributed by atoms with Crippen molar-refractivity contribution < 1.29 is 17.9 Å². The monoisotopic (exact) mass is 409 g/mol. The lowest BCUT2D eigenvalue weighted by Crippen LogP contribution is -2.13. The first-order valence-corrected chi connectivity index (χ1v) is 10.9. The number of hydrogen-bond donors (Lipinski definition) is 1. The Morgan fingerprint density at radius 2 is 1.66 bits per heavy atom. The van der Waals surface area contributed by atoms with Crippen molar-refractivity contribution in [1.29, 1.82) is 0 Å². The van der Waals surface area contributed by atoms with E-state index in [9.17, 15) is 8.42 Å². The molecule has 0 aliphatic carbocycles. The van der Waals surface area contributed by atoms with Gasteiger partial charge in [0.2, 0.25) is 0 Å². The molecular weight excluding hydrogens is 386 g/mol. The molecule has 1 N–H and O–H groups in total. The summed E-state index contributed by atoms with van der Waals surface area (Å²) in [7, 11) is -2.21. The third kappa shape index (κ3) is 3.56. The van der Waals surface area contributed by atoms with Gasteiger partial charge >= 0.3 is 0 Å². The first kappa shape index (κ1) is 19.3. The Balaban J connectivity index is 1.71. The van der Waals surface area contributed by atoms with Crippen LogP contribution in [0.5, 0.6) is 11.5 Å². The van der Waals surface area contributed by atoms with Crippen molar-refractivity contribution in [3.05, 3.63) is 83.4 Å². The first-order valence-electron chi connectivity index (χ1n) is 9.42. The van der Waals surface area contributed by atoms with E-state index < -0.39 is 10.0 Å². The van der Waals surface area contributed by atoms with E-state index >= 15 is 0 Å². The summed E-state index contributed by atoms with van der Waals surface area (Å²) in [5, 5.41) is 0. The highest BCUT2D eigenvalue weighted by atomic mass is 32.2. The predicted octanol–water partition coefficient (Wildman–Crippen LogP) is 5.04. The normalized spacial score (nSPS) is 18.0. The van der Waals surface area contributed by atoms with E-state index in [1.165, 1.54) is 7.11 Å². The van der Waals surface area contributed by atoms with Gasteiger partial charge in [-0.3, -0.25) is 4.72 Å². The zero-order valence-electron chi connectivity index (χ0n) is 16.5. The average molecular weight is 410 g/mol. The Morgan fingerprint density at radius 3 is 2.34 bits per heavy atom. The van der Waals surface area contributed by atoms with Gasteiger partial charge < -0.3 is 9.47 Å². The molecule has 5 nitrogen and oxygen atoms in total. The van der Waals surface area contributed by atoms with Crippen LogP contribution in [0, 0.1) is 6.92 Å². The lowest BCUT2D eigenvalue weighted by atomic mass is 9.90. The molecule has 0 saturated heterocycles. The van der Waals surface area contributed by atoms with Crippen molar-refractivity contribution in [3.63, 3.8) is 0 Å². The van der Waals surface area contributed by atoms with Crippen LogP contribution in [0.2, 0.25) is 0 Å². The molecule has 0 saturated carbocycles. The van der Waals surface area contributed by atoms with Crippen LogP contribution < -0.4 is 14.2 Å². The van der Waals surface area contributed by atoms with Gasteiger partial charge in [-0.2, -0.15) is 0 Å². The zero-order valence-corrected chi connectivity index (χ0v) is 17.4. The lowest BCUT2D eigenvalue weighted by molar-refractivity contribution is 0.214. The van der Waals surface area contributed by atoms with E-state index in [0.29, 0.717) is 17.2 Å². The number of aryl methyl sites for hydroxylation is 1.